The molecule has 0 atom stereocenters. The molecule has 0 unspecified atom stereocenters. The van der Waals surface area contributed by atoms with Crippen molar-refractivity contribution in [2.45, 2.75) is 11.3 Å². The number of nitrogens with one attached hydrogen (secondary N) is 1. The average Bonchev–Trinajstić information content (AvgIpc) is 2.81. The predicted molar refractivity (Wildman–Crippen MR) is 83.0 cm³/mol. The Morgan fingerprint density at radius 3 is 2.67 bits per heavy atom. The molecule has 1 aromatic carbocycles. The van der Waals surface area contributed by atoms with Crippen LogP contribution in [-0.4, -0.2) is 24.7 Å². The maximum absolute atomic E-state index is 12.2. The fourth-order valence-corrected chi connectivity index (χ4v) is 3.59. The normalized spacial score (nSPS) is 11.8. The number of nitrogens with zero attached hydrogens (tertiary/aromatic N) is 2. The van der Waals surface area contributed by atoms with Crippen molar-refractivity contribution in [2.24, 2.45) is 7.05 Å². The molecule has 0 aliphatic rings. The largest absolute Gasteiger partial charge is 0.396 e. The first-order valence-electron chi connectivity index (χ1n) is 6.03. The van der Waals surface area contributed by atoms with E-state index in [4.69, 9.17) is 28.9 Å². The molecule has 1 aromatic heterocycles. The van der Waals surface area contributed by atoms with Gasteiger partial charge in [0.2, 0.25) is 10.0 Å². The van der Waals surface area contributed by atoms with Gasteiger partial charge in [-0.15, -0.1) is 0 Å². The molecule has 0 fully saturated rings. The fraction of sp³-hybridized carbons (Fsp3) is 0.250. The summed E-state index contributed by atoms with van der Waals surface area (Å²) in [6.45, 7) is 0.223. The molecule has 114 valence electrons. The van der Waals surface area contributed by atoms with E-state index in [0.29, 0.717) is 6.42 Å². The smallest absolute Gasteiger partial charge is 0.242 e. The van der Waals surface area contributed by atoms with Crippen LogP contribution in [0.15, 0.2) is 29.3 Å². The lowest BCUT2D eigenvalue weighted by Gasteiger charge is -2.10. The molecule has 3 N–H and O–H groups in total. The number of hydrogen-bond acceptors (Lipinski definition) is 4. The maximum atomic E-state index is 12.2. The first-order chi connectivity index (χ1) is 9.83. The molecule has 0 saturated heterocycles. The van der Waals surface area contributed by atoms with Gasteiger partial charge < -0.3 is 5.73 Å². The van der Waals surface area contributed by atoms with E-state index in [0.717, 1.165) is 5.69 Å². The molecule has 0 aliphatic carbocycles. The summed E-state index contributed by atoms with van der Waals surface area (Å²) < 4.78 is 28.6. The summed E-state index contributed by atoms with van der Waals surface area (Å²) in [4.78, 5) is -0.0870. The number of nitrogens with two attached hydrogens (primary N) is 1. The van der Waals surface area contributed by atoms with Crippen LogP contribution < -0.4 is 10.5 Å². The summed E-state index contributed by atoms with van der Waals surface area (Å²) in [5.74, 6) is 0. The van der Waals surface area contributed by atoms with Crippen LogP contribution in [0.2, 0.25) is 10.0 Å². The van der Waals surface area contributed by atoms with E-state index in [-0.39, 0.29) is 27.2 Å². The third-order valence-electron chi connectivity index (χ3n) is 2.98. The SMILES string of the molecule is Cn1nccc1CCNS(=O)(=O)c1ccc(Cl)c(N)c1Cl. The van der Waals surface area contributed by atoms with Gasteiger partial charge in [-0.05, 0) is 18.2 Å². The summed E-state index contributed by atoms with van der Waals surface area (Å²) in [6, 6.07) is 4.55. The minimum Gasteiger partial charge on any atom is -0.396 e. The Balaban J connectivity index is 2.12. The van der Waals surface area contributed by atoms with E-state index < -0.39 is 10.0 Å². The van der Waals surface area contributed by atoms with Crippen molar-refractivity contribution < 1.29 is 8.42 Å². The molecule has 2 rings (SSSR count). The lowest BCUT2D eigenvalue weighted by atomic mass is 10.3. The molecule has 21 heavy (non-hydrogen) atoms. The lowest BCUT2D eigenvalue weighted by molar-refractivity contribution is 0.580. The third kappa shape index (κ3) is 3.49. The van der Waals surface area contributed by atoms with Gasteiger partial charge in [0, 0.05) is 31.9 Å². The van der Waals surface area contributed by atoms with E-state index in [1.807, 2.05) is 6.07 Å². The van der Waals surface area contributed by atoms with Crippen LogP contribution in [0, 0.1) is 0 Å². The predicted octanol–water partition coefficient (Wildman–Crippen LogP) is 1.83. The number of anilines is 1. The summed E-state index contributed by atoms with van der Waals surface area (Å²) in [5.41, 5.74) is 6.60. The number of halogens is 2. The van der Waals surface area contributed by atoms with Crippen molar-refractivity contribution in [3.05, 3.63) is 40.1 Å². The minimum absolute atomic E-state index is 0.0489. The zero-order chi connectivity index (χ0) is 15.6. The van der Waals surface area contributed by atoms with Crippen molar-refractivity contribution >= 4 is 38.9 Å². The topological polar surface area (TPSA) is 90.0 Å². The van der Waals surface area contributed by atoms with E-state index >= 15 is 0 Å². The van der Waals surface area contributed by atoms with Gasteiger partial charge in [-0.3, -0.25) is 4.68 Å². The first kappa shape index (κ1) is 16.1. The second-order valence-corrected chi connectivity index (χ2v) is 6.89. The number of rotatable bonds is 5. The van der Waals surface area contributed by atoms with Crippen LogP contribution in [0.3, 0.4) is 0 Å². The van der Waals surface area contributed by atoms with Crippen LogP contribution in [0.4, 0.5) is 5.69 Å². The van der Waals surface area contributed by atoms with E-state index in [2.05, 4.69) is 9.82 Å². The zero-order valence-corrected chi connectivity index (χ0v) is 13.5. The van der Waals surface area contributed by atoms with Crippen LogP contribution >= 0.6 is 23.2 Å². The number of sulfonamides is 1. The van der Waals surface area contributed by atoms with Crippen molar-refractivity contribution in [2.75, 3.05) is 12.3 Å². The van der Waals surface area contributed by atoms with Gasteiger partial charge >= 0.3 is 0 Å². The van der Waals surface area contributed by atoms with Gasteiger partial charge in [-0.1, -0.05) is 23.2 Å². The quantitative estimate of drug-likeness (QED) is 0.806. The summed E-state index contributed by atoms with van der Waals surface area (Å²) in [5, 5.41) is 4.16. The lowest BCUT2D eigenvalue weighted by Crippen LogP contribution is -2.27. The Morgan fingerprint density at radius 2 is 2.05 bits per heavy atom. The highest BCUT2D eigenvalue weighted by atomic mass is 35.5. The van der Waals surface area contributed by atoms with Crippen molar-refractivity contribution in [1.29, 1.82) is 0 Å². The number of hydrogen-bond donors (Lipinski definition) is 2. The zero-order valence-electron chi connectivity index (χ0n) is 11.2. The minimum atomic E-state index is -3.75. The Bertz CT molecular complexity index is 759. The van der Waals surface area contributed by atoms with Gasteiger partial charge in [0.15, 0.2) is 0 Å². The van der Waals surface area contributed by atoms with Gasteiger partial charge in [0.25, 0.3) is 0 Å². The molecule has 0 saturated carbocycles. The Morgan fingerprint density at radius 1 is 1.33 bits per heavy atom. The van der Waals surface area contributed by atoms with Crippen LogP contribution in [0.25, 0.3) is 0 Å². The van der Waals surface area contributed by atoms with Crippen LogP contribution in [-0.2, 0) is 23.5 Å². The highest BCUT2D eigenvalue weighted by Gasteiger charge is 2.20. The summed E-state index contributed by atoms with van der Waals surface area (Å²) in [6.07, 6.45) is 2.16. The van der Waals surface area contributed by atoms with E-state index in [1.165, 1.54) is 12.1 Å². The summed E-state index contributed by atoms with van der Waals surface area (Å²) >= 11 is 11.7. The first-order valence-corrected chi connectivity index (χ1v) is 8.27. The number of aryl methyl sites for hydroxylation is 1. The molecular formula is C12H14Cl2N4O2S. The Labute approximate surface area is 132 Å². The van der Waals surface area contributed by atoms with Gasteiger partial charge in [-0.2, -0.15) is 5.10 Å². The van der Waals surface area contributed by atoms with Crippen molar-refractivity contribution in [3.8, 4) is 0 Å². The highest BCUT2D eigenvalue weighted by Crippen LogP contribution is 2.32. The summed E-state index contributed by atoms with van der Waals surface area (Å²) in [7, 11) is -1.95. The number of aromatic nitrogens is 2. The van der Waals surface area contributed by atoms with Gasteiger partial charge in [-0.25, -0.2) is 13.1 Å². The Hall–Kier alpha value is -1.28. The Kier molecular flexibility index (Phi) is 4.77. The third-order valence-corrected chi connectivity index (χ3v) is 5.33. The van der Waals surface area contributed by atoms with E-state index in [9.17, 15) is 8.42 Å². The molecule has 6 nitrogen and oxygen atoms in total. The molecule has 2 aromatic rings. The molecule has 9 heteroatoms. The molecule has 0 amide bonds. The average molecular weight is 349 g/mol. The second-order valence-electron chi connectivity index (χ2n) is 4.37. The van der Waals surface area contributed by atoms with Crippen molar-refractivity contribution in [1.82, 2.24) is 14.5 Å². The fourth-order valence-electron chi connectivity index (χ4n) is 1.79. The van der Waals surface area contributed by atoms with Crippen molar-refractivity contribution in [3.63, 3.8) is 0 Å². The number of benzene rings is 1. The van der Waals surface area contributed by atoms with Gasteiger partial charge in [0.05, 0.1) is 15.7 Å². The van der Waals surface area contributed by atoms with Gasteiger partial charge in [0.1, 0.15) is 4.90 Å². The molecule has 1 heterocycles. The molecule has 0 aliphatic heterocycles. The standard InChI is InChI=1S/C12H14Cl2N4O2S/c1-18-8(4-6-16-18)5-7-17-21(19,20)10-3-2-9(13)12(15)11(10)14/h2-4,6,17H,5,7,15H2,1H3. The maximum Gasteiger partial charge on any atom is 0.242 e. The monoisotopic (exact) mass is 348 g/mol. The highest BCUT2D eigenvalue weighted by molar-refractivity contribution is 7.89. The van der Waals surface area contributed by atoms with Crippen LogP contribution in [0.5, 0.6) is 0 Å². The molecule has 0 radical (unpaired) electrons. The molecular weight excluding hydrogens is 335 g/mol. The number of nitrogen functional groups attached to an aromatic ring is 1. The van der Waals surface area contributed by atoms with E-state index in [1.54, 1.807) is 17.9 Å². The molecule has 0 spiro atoms. The van der Waals surface area contributed by atoms with Crippen LogP contribution in [0.1, 0.15) is 5.69 Å². The second kappa shape index (κ2) is 6.23. The molecule has 0 bridgehead atoms.